The van der Waals surface area contributed by atoms with Crippen molar-refractivity contribution in [3.63, 3.8) is 0 Å². The summed E-state index contributed by atoms with van der Waals surface area (Å²) in [5, 5.41) is 3.08. The molecule has 17 heavy (non-hydrogen) atoms. The highest BCUT2D eigenvalue weighted by molar-refractivity contribution is 5.77. The van der Waals surface area contributed by atoms with Crippen LogP contribution in [0.5, 0.6) is 0 Å². The third-order valence-electron chi connectivity index (χ3n) is 4.63. The normalized spacial score (nSPS) is 26.0. The molecule has 2 saturated carbocycles. The molecule has 0 saturated heterocycles. The Labute approximate surface area is 105 Å². The van der Waals surface area contributed by atoms with Crippen molar-refractivity contribution in [2.75, 3.05) is 6.54 Å². The van der Waals surface area contributed by atoms with E-state index in [1.807, 2.05) is 0 Å². The van der Waals surface area contributed by atoms with Crippen molar-refractivity contribution in [1.82, 2.24) is 5.32 Å². The van der Waals surface area contributed by atoms with Crippen molar-refractivity contribution in [3.05, 3.63) is 0 Å². The highest BCUT2D eigenvalue weighted by Gasteiger charge is 2.33. The molecule has 2 aliphatic carbocycles. The second-order valence-electron chi connectivity index (χ2n) is 6.54. The van der Waals surface area contributed by atoms with Crippen LogP contribution in [-0.4, -0.2) is 18.0 Å². The second-order valence-corrected chi connectivity index (χ2v) is 6.54. The summed E-state index contributed by atoms with van der Waals surface area (Å²) < 4.78 is 0. The highest BCUT2D eigenvalue weighted by Crippen LogP contribution is 2.39. The molecule has 0 radical (unpaired) electrons. The Kier molecular flexibility index (Phi) is 3.76. The largest absolute Gasteiger partial charge is 0.355 e. The van der Waals surface area contributed by atoms with E-state index < -0.39 is 0 Å². The molecule has 3 nitrogen and oxygen atoms in total. The molecule has 0 aliphatic heterocycles. The van der Waals surface area contributed by atoms with Gasteiger partial charge in [0.1, 0.15) is 0 Å². The fraction of sp³-hybridized carbons (Fsp3) is 0.929. The Balaban J connectivity index is 1.72. The van der Waals surface area contributed by atoms with Gasteiger partial charge in [-0.15, -0.1) is 0 Å². The lowest BCUT2D eigenvalue weighted by Crippen LogP contribution is -2.48. The number of rotatable bonds is 4. The van der Waals surface area contributed by atoms with E-state index in [0.717, 1.165) is 19.4 Å². The minimum absolute atomic E-state index is 0.155. The Morgan fingerprint density at radius 2 is 1.76 bits per heavy atom. The molecule has 0 aromatic carbocycles. The van der Waals surface area contributed by atoms with Gasteiger partial charge in [0, 0.05) is 18.5 Å². The molecule has 3 heteroatoms. The Morgan fingerprint density at radius 1 is 1.12 bits per heavy atom. The van der Waals surface area contributed by atoms with Gasteiger partial charge in [0.05, 0.1) is 0 Å². The molecule has 2 rings (SSSR count). The van der Waals surface area contributed by atoms with E-state index in [2.05, 4.69) is 12.2 Å². The van der Waals surface area contributed by atoms with E-state index in [1.54, 1.807) is 0 Å². The van der Waals surface area contributed by atoms with Gasteiger partial charge in [0.15, 0.2) is 0 Å². The molecule has 0 heterocycles. The average molecular weight is 238 g/mol. The number of nitrogens with one attached hydrogen (secondary N) is 1. The van der Waals surface area contributed by atoms with E-state index in [9.17, 15) is 4.79 Å². The topological polar surface area (TPSA) is 55.1 Å². The minimum Gasteiger partial charge on any atom is -0.355 e. The predicted molar refractivity (Wildman–Crippen MR) is 69.6 cm³/mol. The molecule has 2 aliphatic rings. The average Bonchev–Trinajstić information content (AvgIpc) is 2.24. The van der Waals surface area contributed by atoms with E-state index in [0.29, 0.717) is 11.8 Å². The predicted octanol–water partition coefficient (Wildman–Crippen LogP) is 2.34. The van der Waals surface area contributed by atoms with Gasteiger partial charge in [-0.25, -0.2) is 0 Å². The molecular weight excluding hydrogens is 212 g/mol. The van der Waals surface area contributed by atoms with E-state index in [4.69, 9.17) is 5.73 Å². The van der Waals surface area contributed by atoms with Gasteiger partial charge in [-0.2, -0.15) is 0 Å². The number of hydrogen-bond donors (Lipinski definition) is 2. The molecule has 0 unspecified atom stereocenters. The first-order valence-electron chi connectivity index (χ1n) is 7.07. The highest BCUT2D eigenvalue weighted by atomic mass is 16.1. The number of carbonyl (C=O) groups is 1. The fourth-order valence-corrected chi connectivity index (χ4v) is 3.08. The van der Waals surface area contributed by atoms with Crippen molar-refractivity contribution < 1.29 is 4.79 Å². The maximum atomic E-state index is 11.9. The Hall–Kier alpha value is -0.570. The summed E-state index contributed by atoms with van der Waals surface area (Å²) in [7, 11) is 0. The Bertz CT molecular complexity index is 278. The summed E-state index contributed by atoms with van der Waals surface area (Å²) in [4.78, 5) is 11.9. The van der Waals surface area contributed by atoms with Crippen LogP contribution in [-0.2, 0) is 4.79 Å². The summed E-state index contributed by atoms with van der Waals surface area (Å²) in [6.07, 6.45) is 10.00. The molecule has 0 aromatic heterocycles. The number of carbonyl (C=O) groups excluding carboxylic acids is 1. The standard InChI is InChI=1S/C14H26N2O/c1-13(6-5-7-13)11-16-12(17)10-14(15)8-3-2-4-9-14/h2-11,15H2,1H3,(H,16,17). The zero-order valence-electron chi connectivity index (χ0n) is 11.1. The second kappa shape index (κ2) is 4.97. The SMILES string of the molecule is CC1(CNC(=O)CC2(N)CCCCC2)CCC1. The van der Waals surface area contributed by atoms with E-state index in [1.165, 1.54) is 38.5 Å². The molecule has 1 amide bonds. The zero-order valence-corrected chi connectivity index (χ0v) is 11.1. The molecule has 0 spiro atoms. The molecule has 0 bridgehead atoms. The first-order chi connectivity index (χ1) is 8.02. The summed E-state index contributed by atoms with van der Waals surface area (Å²) in [6.45, 7) is 3.09. The minimum atomic E-state index is -0.219. The van der Waals surface area contributed by atoms with Crippen molar-refractivity contribution in [2.45, 2.75) is 70.3 Å². The van der Waals surface area contributed by atoms with Crippen molar-refractivity contribution in [3.8, 4) is 0 Å². The number of hydrogen-bond acceptors (Lipinski definition) is 2. The van der Waals surface area contributed by atoms with Crippen LogP contribution in [0.25, 0.3) is 0 Å². The monoisotopic (exact) mass is 238 g/mol. The van der Waals surface area contributed by atoms with Gasteiger partial charge in [-0.1, -0.05) is 32.6 Å². The molecular formula is C14H26N2O. The van der Waals surface area contributed by atoms with Crippen LogP contribution in [0.2, 0.25) is 0 Å². The maximum Gasteiger partial charge on any atom is 0.221 e. The third kappa shape index (κ3) is 3.44. The smallest absolute Gasteiger partial charge is 0.221 e. The van der Waals surface area contributed by atoms with Crippen LogP contribution in [0.3, 0.4) is 0 Å². The summed E-state index contributed by atoms with van der Waals surface area (Å²) in [5.41, 5.74) is 6.43. The first-order valence-corrected chi connectivity index (χ1v) is 7.07. The molecule has 0 atom stereocenters. The van der Waals surface area contributed by atoms with Gasteiger partial charge in [-0.05, 0) is 31.1 Å². The lowest BCUT2D eigenvalue weighted by atomic mass is 9.70. The van der Waals surface area contributed by atoms with Gasteiger partial charge in [-0.3, -0.25) is 4.79 Å². The summed E-state index contributed by atoms with van der Waals surface area (Å²) in [6, 6.07) is 0. The molecule has 3 N–H and O–H groups in total. The zero-order chi connectivity index (χ0) is 12.4. The van der Waals surface area contributed by atoms with Crippen LogP contribution in [0.1, 0.15) is 64.7 Å². The number of amides is 1. The van der Waals surface area contributed by atoms with Crippen molar-refractivity contribution in [1.29, 1.82) is 0 Å². The van der Waals surface area contributed by atoms with Crippen LogP contribution >= 0.6 is 0 Å². The van der Waals surface area contributed by atoms with Crippen LogP contribution in [0.4, 0.5) is 0 Å². The number of nitrogens with two attached hydrogens (primary N) is 1. The van der Waals surface area contributed by atoms with Crippen LogP contribution < -0.4 is 11.1 Å². The van der Waals surface area contributed by atoms with Crippen LogP contribution in [0, 0.1) is 5.41 Å². The van der Waals surface area contributed by atoms with Gasteiger partial charge in [0.2, 0.25) is 5.91 Å². The quantitative estimate of drug-likeness (QED) is 0.790. The fourth-order valence-electron chi connectivity index (χ4n) is 3.08. The first kappa shape index (κ1) is 12.9. The lowest BCUT2D eigenvalue weighted by molar-refractivity contribution is -0.123. The maximum absolute atomic E-state index is 11.9. The van der Waals surface area contributed by atoms with E-state index >= 15 is 0 Å². The van der Waals surface area contributed by atoms with Gasteiger partial charge >= 0.3 is 0 Å². The molecule has 0 aromatic rings. The van der Waals surface area contributed by atoms with E-state index in [-0.39, 0.29) is 11.4 Å². The van der Waals surface area contributed by atoms with Crippen LogP contribution in [0.15, 0.2) is 0 Å². The summed E-state index contributed by atoms with van der Waals surface area (Å²) >= 11 is 0. The van der Waals surface area contributed by atoms with Gasteiger partial charge < -0.3 is 11.1 Å². The van der Waals surface area contributed by atoms with Crippen molar-refractivity contribution in [2.24, 2.45) is 11.1 Å². The van der Waals surface area contributed by atoms with Gasteiger partial charge in [0.25, 0.3) is 0 Å². The third-order valence-corrected chi connectivity index (χ3v) is 4.63. The molecule has 98 valence electrons. The Morgan fingerprint density at radius 3 is 2.29 bits per heavy atom. The summed E-state index contributed by atoms with van der Waals surface area (Å²) in [5.74, 6) is 0.155. The molecule has 2 fully saturated rings. The lowest BCUT2D eigenvalue weighted by Gasteiger charge is -2.39. The van der Waals surface area contributed by atoms with Crippen molar-refractivity contribution >= 4 is 5.91 Å².